The zero-order valence-electron chi connectivity index (χ0n) is 7.89. The third-order valence-electron chi connectivity index (χ3n) is 1.84. The summed E-state index contributed by atoms with van der Waals surface area (Å²) >= 11 is 0. The molecule has 1 heterocycles. The summed E-state index contributed by atoms with van der Waals surface area (Å²) in [4.78, 5) is 10.9. The molecule has 1 N–H and O–H groups in total. The van der Waals surface area contributed by atoms with Gasteiger partial charge in [0.1, 0.15) is 4.90 Å². The predicted molar refractivity (Wildman–Crippen MR) is 51.2 cm³/mol. The summed E-state index contributed by atoms with van der Waals surface area (Å²) in [5.41, 5.74) is -0.419. The van der Waals surface area contributed by atoms with Gasteiger partial charge in [0.25, 0.3) is 5.56 Å². The van der Waals surface area contributed by atoms with E-state index >= 15 is 0 Å². The van der Waals surface area contributed by atoms with Crippen molar-refractivity contribution in [3.8, 4) is 5.88 Å². The summed E-state index contributed by atoms with van der Waals surface area (Å²) in [5.74, 6) is -0.498. The van der Waals surface area contributed by atoms with E-state index in [9.17, 15) is 18.3 Å². The third-order valence-corrected chi connectivity index (χ3v) is 2.95. The van der Waals surface area contributed by atoms with E-state index in [1.165, 1.54) is 0 Å². The summed E-state index contributed by atoms with van der Waals surface area (Å²) in [7, 11) is -3.49. The molecule has 0 aliphatic heterocycles. The average Bonchev–Trinajstić information content (AvgIpc) is 2.02. The second kappa shape index (κ2) is 3.45. The molecule has 0 bridgehead atoms. The zero-order chi connectivity index (χ0) is 10.9. The fraction of sp³-hybridized carbons (Fsp3) is 0.375. The maximum atomic E-state index is 11.2. The van der Waals surface area contributed by atoms with Crippen molar-refractivity contribution in [2.45, 2.75) is 18.4 Å². The van der Waals surface area contributed by atoms with Crippen molar-refractivity contribution in [3.63, 3.8) is 0 Å². The molecule has 0 amide bonds. The smallest absolute Gasteiger partial charge is 0.253 e. The first kappa shape index (κ1) is 10.8. The quantitative estimate of drug-likeness (QED) is 0.755. The minimum atomic E-state index is -3.49. The molecule has 78 valence electrons. The monoisotopic (exact) mass is 217 g/mol. The lowest BCUT2D eigenvalue weighted by Crippen LogP contribution is -2.19. The Kier molecular flexibility index (Phi) is 2.66. The van der Waals surface area contributed by atoms with Crippen molar-refractivity contribution < 1.29 is 13.5 Å². The first-order valence-corrected chi connectivity index (χ1v) is 5.90. The van der Waals surface area contributed by atoms with E-state index in [4.69, 9.17) is 0 Å². The molecular formula is C8H11NO4S. The van der Waals surface area contributed by atoms with Gasteiger partial charge < -0.3 is 5.11 Å². The highest BCUT2D eigenvalue weighted by molar-refractivity contribution is 7.90. The van der Waals surface area contributed by atoms with Gasteiger partial charge in [0, 0.05) is 18.9 Å². The van der Waals surface area contributed by atoms with Crippen molar-refractivity contribution in [1.29, 1.82) is 0 Å². The molecule has 14 heavy (non-hydrogen) atoms. The molecule has 0 saturated heterocycles. The van der Waals surface area contributed by atoms with Gasteiger partial charge in [0.05, 0.1) is 0 Å². The minimum Gasteiger partial charge on any atom is -0.493 e. The molecule has 0 aliphatic rings. The molecule has 1 aromatic heterocycles. The highest BCUT2D eigenvalue weighted by Crippen LogP contribution is 2.19. The Bertz CT molecular complexity index is 501. The van der Waals surface area contributed by atoms with Crippen LogP contribution in [0.3, 0.4) is 0 Å². The molecule has 1 rings (SSSR count). The summed E-state index contributed by atoms with van der Waals surface area (Å²) in [6.45, 7) is 1.88. The Morgan fingerprint density at radius 2 is 2.00 bits per heavy atom. The number of rotatable bonds is 2. The van der Waals surface area contributed by atoms with Crippen LogP contribution in [0.1, 0.15) is 6.92 Å². The number of hydrogen-bond acceptors (Lipinski definition) is 4. The number of pyridine rings is 1. The lowest BCUT2D eigenvalue weighted by molar-refractivity contribution is 0.395. The van der Waals surface area contributed by atoms with Crippen LogP contribution in [0.4, 0.5) is 0 Å². The van der Waals surface area contributed by atoms with E-state index < -0.39 is 21.3 Å². The van der Waals surface area contributed by atoms with E-state index in [1.54, 1.807) is 6.92 Å². The summed E-state index contributed by atoms with van der Waals surface area (Å²) < 4.78 is 23.3. The van der Waals surface area contributed by atoms with E-state index in [1.807, 2.05) is 0 Å². The molecule has 0 saturated carbocycles. The standard InChI is InChI=1S/C8H11NO4S/c1-3-9-7(10)5-4-6(8(9)11)14(2,12)13/h4-5,11H,3H2,1-2H3. The lowest BCUT2D eigenvalue weighted by Gasteiger charge is -2.08. The molecule has 1 aromatic rings. The number of hydrogen-bond donors (Lipinski definition) is 1. The highest BCUT2D eigenvalue weighted by atomic mass is 32.2. The van der Waals surface area contributed by atoms with Gasteiger partial charge in [0.15, 0.2) is 9.84 Å². The minimum absolute atomic E-state index is 0.223. The van der Waals surface area contributed by atoms with Crippen molar-refractivity contribution in [2.75, 3.05) is 6.26 Å². The molecular weight excluding hydrogens is 206 g/mol. The van der Waals surface area contributed by atoms with Crippen LogP contribution in [0.15, 0.2) is 21.8 Å². The van der Waals surface area contributed by atoms with Crippen LogP contribution >= 0.6 is 0 Å². The van der Waals surface area contributed by atoms with Crippen molar-refractivity contribution in [3.05, 3.63) is 22.5 Å². The Hall–Kier alpha value is -1.30. The van der Waals surface area contributed by atoms with E-state index in [2.05, 4.69) is 0 Å². The van der Waals surface area contributed by atoms with Crippen LogP contribution in [0.5, 0.6) is 5.88 Å². The van der Waals surface area contributed by atoms with Crippen LogP contribution < -0.4 is 5.56 Å². The molecule has 6 heteroatoms. The maximum Gasteiger partial charge on any atom is 0.253 e. The van der Waals surface area contributed by atoms with Crippen molar-refractivity contribution in [2.24, 2.45) is 0 Å². The van der Waals surface area contributed by atoms with Gasteiger partial charge >= 0.3 is 0 Å². The van der Waals surface area contributed by atoms with Crippen LogP contribution in [0, 0.1) is 0 Å². The first-order valence-electron chi connectivity index (χ1n) is 4.00. The molecule has 0 aliphatic carbocycles. The third kappa shape index (κ3) is 1.79. The summed E-state index contributed by atoms with van der Waals surface area (Å²) in [6, 6.07) is 2.23. The molecule has 0 spiro atoms. The topological polar surface area (TPSA) is 76.4 Å². The second-order valence-corrected chi connectivity index (χ2v) is 4.86. The van der Waals surface area contributed by atoms with Gasteiger partial charge in [-0.25, -0.2) is 8.42 Å². The fourth-order valence-electron chi connectivity index (χ4n) is 1.14. The van der Waals surface area contributed by atoms with Gasteiger partial charge in [-0.1, -0.05) is 0 Å². The van der Waals surface area contributed by atoms with Gasteiger partial charge in [-0.15, -0.1) is 0 Å². The normalized spacial score (nSPS) is 11.6. The predicted octanol–water partition coefficient (Wildman–Crippen LogP) is -0.0227. The molecule has 0 atom stereocenters. The van der Waals surface area contributed by atoms with Gasteiger partial charge in [-0.2, -0.15) is 0 Å². The Morgan fingerprint density at radius 1 is 1.43 bits per heavy atom. The first-order chi connectivity index (χ1) is 6.38. The van der Waals surface area contributed by atoms with Gasteiger partial charge in [-0.05, 0) is 13.0 Å². The SMILES string of the molecule is CCn1c(O)c(S(C)(=O)=O)ccc1=O. The number of aromatic hydroxyl groups is 1. The Morgan fingerprint density at radius 3 is 2.43 bits per heavy atom. The molecule has 0 fully saturated rings. The number of aromatic nitrogens is 1. The van der Waals surface area contributed by atoms with Crippen LogP contribution in [-0.4, -0.2) is 24.3 Å². The number of nitrogens with zero attached hydrogens (tertiary/aromatic N) is 1. The van der Waals surface area contributed by atoms with Gasteiger partial charge in [-0.3, -0.25) is 9.36 Å². The zero-order valence-corrected chi connectivity index (χ0v) is 8.71. The van der Waals surface area contributed by atoms with E-state index in [0.29, 0.717) is 0 Å². The lowest BCUT2D eigenvalue weighted by atomic mass is 10.4. The molecule has 0 radical (unpaired) electrons. The maximum absolute atomic E-state index is 11.2. The van der Waals surface area contributed by atoms with E-state index in [0.717, 1.165) is 23.0 Å². The van der Waals surface area contributed by atoms with Crippen LogP contribution in [0.25, 0.3) is 0 Å². The van der Waals surface area contributed by atoms with Crippen LogP contribution in [-0.2, 0) is 16.4 Å². The van der Waals surface area contributed by atoms with Crippen molar-refractivity contribution >= 4 is 9.84 Å². The largest absolute Gasteiger partial charge is 0.493 e. The Balaban J connectivity index is 3.60. The van der Waals surface area contributed by atoms with E-state index in [-0.39, 0.29) is 11.4 Å². The van der Waals surface area contributed by atoms with Crippen molar-refractivity contribution in [1.82, 2.24) is 4.57 Å². The summed E-state index contributed by atoms with van der Waals surface area (Å²) in [6.07, 6.45) is 0.979. The molecule has 0 unspecified atom stereocenters. The fourth-order valence-corrected chi connectivity index (χ4v) is 1.90. The second-order valence-electron chi connectivity index (χ2n) is 2.88. The number of sulfone groups is 1. The Labute approximate surface area is 81.5 Å². The summed E-state index contributed by atoms with van der Waals surface area (Å²) in [5, 5.41) is 9.49. The van der Waals surface area contributed by atoms with Gasteiger partial charge in [0.2, 0.25) is 5.88 Å². The highest BCUT2D eigenvalue weighted by Gasteiger charge is 2.16. The average molecular weight is 217 g/mol. The molecule has 5 nitrogen and oxygen atoms in total. The molecule has 0 aromatic carbocycles. The van der Waals surface area contributed by atoms with Crippen LogP contribution in [0.2, 0.25) is 0 Å².